The molecule has 0 radical (unpaired) electrons. The Morgan fingerprint density at radius 1 is 0.157 bits per heavy atom. The Kier molecular flexibility index (Phi) is 18.1. The van der Waals surface area contributed by atoms with Crippen LogP contribution < -0.4 is 0 Å². The molecule has 0 fully saturated rings. The van der Waals surface area contributed by atoms with Crippen molar-refractivity contribution in [2.45, 2.75) is 0 Å². The fraction of sp³-hybridized carbons (Fsp3) is 0. The molecule has 652 valence electrons. The van der Waals surface area contributed by atoms with Crippen LogP contribution >= 0.6 is 34.0 Å². The van der Waals surface area contributed by atoms with Gasteiger partial charge in [0.15, 0.2) is 34.9 Å². The SMILES string of the molecule is c1ccc(-c2nc(-c3ccccc3)nc(-c3ccc4oc5ccc(-n6c7ccccc7c7cc(-n8c9ccccc9c9cc(-c%10cccc%11c%10sc%10ccccc%10%11)ccc98)ccc76)cc5c4c3)n2)cc1.c1ccc(-c2nc(-c3ccccc3)nc(-c3ccc4sc5ccc(-n6c7ccccc7c7cc(-n8c9ccccc9c9cc(-c%10cccc%11c%10sc%10ccccc%10%11)ccc98)ccc76)cc5c4c3)n2)cc1. The van der Waals surface area contributed by atoms with Crippen LogP contribution in [-0.4, -0.2) is 48.2 Å². The highest BCUT2D eigenvalue weighted by Crippen LogP contribution is 2.49. The standard InChI is InChI=1S/C63H37N5OS.C63H37N5S2/c1-3-14-38(15-4-1)61-64-62(39-16-5-2-6-17-39)66-63(65-61)41-27-32-57-51(35-41)52-37-43(29-33-58(52)69-57)68-54-24-11-8-19-46(54)50-36-42(28-31-56(50)68)67-53-23-10-7-18-45(53)49-34-40(26-30-55(49)67)44-21-13-22-48-47-20-9-12-25-59(47)70-60(44)48;1-3-14-38(15-4-1)61-64-62(39-16-5-2-6-17-39)66-63(65-61)41-27-32-58-51(35-41)52-37-43(29-33-59(52)69-58)68-54-24-11-8-19-46(54)50-36-42(28-31-56(50)68)67-53-23-10-7-18-45(53)49-34-40(26-30-55(49)67)44-21-13-22-48-47-20-9-12-25-57(47)70-60(44)48/h2*1-37H. The molecule has 30 aromatic rings. The van der Waals surface area contributed by atoms with Crippen molar-refractivity contribution in [3.8, 4) is 113 Å². The van der Waals surface area contributed by atoms with Crippen molar-refractivity contribution in [1.82, 2.24) is 48.2 Å². The monoisotopic (exact) mass is 1840 g/mol. The van der Waals surface area contributed by atoms with Crippen LogP contribution in [0.2, 0.25) is 0 Å². The van der Waals surface area contributed by atoms with Crippen molar-refractivity contribution < 1.29 is 4.42 Å². The van der Waals surface area contributed by atoms with Gasteiger partial charge in [-0.3, -0.25) is 0 Å². The second kappa shape index (κ2) is 31.9. The highest BCUT2D eigenvalue weighted by atomic mass is 32.1. The first-order valence-electron chi connectivity index (χ1n) is 47.0. The predicted molar refractivity (Wildman–Crippen MR) is 586 cm³/mol. The summed E-state index contributed by atoms with van der Waals surface area (Å²) in [7, 11) is 0. The molecular weight excluding hydrogens is 1770 g/mol. The van der Waals surface area contributed by atoms with Crippen LogP contribution in [0, 0.1) is 0 Å². The molecule has 0 atom stereocenters. The van der Waals surface area contributed by atoms with Gasteiger partial charge in [0.05, 0.1) is 44.1 Å². The molecule has 30 rings (SSSR count). The van der Waals surface area contributed by atoms with E-state index in [-0.39, 0.29) is 0 Å². The normalized spacial score (nSPS) is 12.0. The molecule has 14 heteroatoms. The van der Waals surface area contributed by atoms with Gasteiger partial charge in [0.1, 0.15) is 11.2 Å². The van der Waals surface area contributed by atoms with E-state index in [0.717, 1.165) is 94.6 Å². The molecular formula is C126H74N10OS3. The molecule has 0 aliphatic rings. The minimum absolute atomic E-state index is 0.604. The van der Waals surface area contributed by atoms with E-state index in [9.17, 15) is 0 Å². The molecule has 0 saturated carbocycles. The molecule has 0 spiro atoms. The van der Waals surface area contributed by atoms with E-state index in [1.807, 2.05) is 143 Å². The molecule has 10 aromatic heterocycles. The zero-order chi connectivity index (χ0) is 91.7. The Morgan fingerprint density at radius 3 is 0.829 bits per heavy atom. The Balaban J connectivity index is 0.000000134. The average molecular weight is 1840 g/mol. The summed E-state index contributed by atoms with van der Waals surface area (Å²) >= 11 is 5.58. The molecule has 20 aromatic carbocycles. The molecule has 140 heavy (non-hydrogen) atoms. The summed E-state index contributed by atoms with van der Waals surface area (Å²) < 4.78 is 23.9. The topological polar surface area (TPSA) is 110 Å². The van der Waals surface area contributed by atoms with E-state index >= 15 is 0 Å². The van der Waals surface area contributed by atoms with Gasteiger partial charge < -0.3 is 22.7 Å². The number of nitrogens with zero attached hydrogens (tertiary/aromatic N) is 10. The molecule has 0 N–H and O–H groups in total. The number of rotatable bonds is 12. The van der Waals surface area contributed by atoms with Gasteiger partial charge in [-0.2, -0.15) is 0 Å². The van der Waals surface area contributed by atoms with Gasteiger partial charge in [-0.05, 0) is 192 Å². The van der Waals surface area contributed by atoms with Crippen molar-refractivity contribution >= 4 is 204 Å². The highest BCUT2D eigenvalue weighted by Gasteiger charge is 2.26. The van der Waals surface area contributed by atoms with E-state index in [1.165, 1.54) is 153 Å². The number of benzene rings is 20. The van der Waals surface area contributed by atoms with Gasteiger partial charge in [0.25, 0.3) is 0 Å². The van der Waals surface area contributed by atoms with Crippen molar-refractivity contribution in [1.29, 1.82) is 0 Å². The zero-order valence-electron chi connectivity index (χ0n) is 74.8. The molecule has 11 nitrogen and oxygen atoms in total. The largest absolute Gasteiger partial charge is 0.456 e. The number of para-hydroxylation sites is 4. The second-order valence-electron chi connectivity index (χ2n) is 35.9. The molecule has 0 aliphatic carbocycles. The van der Waals surface area contributed by atoms with Crippen LogP contribution in [0.25, 0.3) is 283 Å². The van der Waals surface area contributed by atoms with E-state index < -0.39 is 0 Å². The van der Waals surface area contributed by atoms with E-state index in [1.54, 1.807) is 0 Å². The van der Waals surface area contributed by atoms with Crippen molar-refractivity contribution in [3.05, 3.63) is 449 Å². The summed E-state index contributed by atoms with van der Waals surface area (Å²) in [5, 5.41) is 19.4. The van der Waals surface area contributed by atoms with Crippen molar-refractivity contribution in [3.63, 3.8) is 0 Å². The maximum absolute atomic E-state index is 6.50. The average Bonchev–Trinajstić information content (AvgIpc) is 1.57. The number of hydrogen-bond acceptors (Lipinski definition) is 10. The summed E-state index contributed by atoms with van der Waals surface area (Å²) in [4.78, 5) is 30.1. The first-order chi connectivity index (χ1) is 69.4. The fourth-order valence-corrected chi connectivity index (χ4v) is 25.0. The van der Waals surface area contributed by atoms with Gasteiger partial charge in [0, 0.05) is 171 Å². The van der Waals surface area contributed by atoms with Gasteiger partial charge in [-0.15, -0.1) is 34.0 Å². The number of fused-ring (bicyclic) bond motifs is 24. The highest BCUT2D eigenvalue weighted by molar-refractivity contribution is 7.27. The number of hydrogen-bond donors (Lipinski definition) is 0. The Labute approximate surface area is 812 Å². The fourth-order valence-electron chi connectivity index (χ4n) is 21.5. The van der Waals surface area contributed by atoms with E-state index in [2.05, 4.69) is 358 Å². The molecule has 0 saturated heterocycles. The molecule has 0 aliphatic heterocycles. The Bertz CT molecular complexity index is 9670. The van der Waals surface area contributed by atoms with Crippen LogP contribution in [0.15, 0.2) is 453 Å². The summed E-state index contributed by atoms with van der Waals surface area (Å²) in [5.41, 5.74) is 26.0. The van der Waals surface area contributed by atoms with Crippen LogP contribution in [0.1, 0.15) is 0 Å². The minimum Gasteiger partial charge on any atom is -0.456 e. The van der Waals surface area contributed by atoms with Crippen LogP contribution in [0.4, 0.5) is 0 Å². The smallest absolute Gasteiger partial charge is 0.164 e. The lowest BCUT2D eigenvalue weighted by Gasteiger charge is -2.11. The minimum atomic E-state index is 0.604. The van der Waals surface area contributed by atoms with E-state index in [4.69, 9.17) is 34.3 Å². The molecule has 10 heterocycles. The number of aromatic nitrogens is 10. The van der Waals surface area contributed by atoms with Gasteiger partial charge in [-0.1, -0.05) is 279 Å². The predicted octanol–water partition coefficient (Wildman–Crippen LogP) is 34.5. The maximum atomic E-state index is 6.50. The molecule has 0 unspecified atom stereocenters. The third-order valence-corrected chi connectivity index (χ3v) is 31.5. The molecule has 0 amide bonds. The lowest BCUT2D eigenvalue weighted by molar-refractivity contribution is 0.669. The van der Waals surface area contributed by atoms with E-state index in [0.29, 0.717) is 34.9 Å². The number of thiophene rings is 3. The third-order valence-electron chi connectivity index (χ3n) is 27.9. The summed E-state index contributed by atoms with van der Waals surface area (Å²) in [5.74, 6) is 3.81. The zero-order valence-corrected chi connectivity index (χ0v) is 77.3. The molecule has 0 bridgehead atoms. The Morgan fingerprint density at radius 2 is 0.414 bits per heavy atom. The van der Waals surface area contributed by atoms with Crippen molar-refractivity contribution in [2.75, 3.05) is 0 Å². The summed E-state index contributed by atoms with van der Waals surface area (Å²) in [6, 6.07) is 161. The van der Waals surface area contributed by atoms with Crippen molar-refractivity contribution in [2.24, 2.45) is 0 Å². The number of furan rings is 1. The second-order valence-corrected chi connectivity index (χ2v) is 39.1. The maximum Gasteiger partial charge on any atom is 0.164 e. The lowest BCUT2D eigenvalue weighted by Crippen LogP contribution is -2.00. The summed E-state index contributed by atoms with van der Waals surface area (Å²) in [6.07, 6.45) is 0. The van der Waals surface area contributed by atoms with Crippen LogP contribution in [0.5, 0.6) is 0 Å². The van der Waals surface area contributed by atoms with Crippen LogP contribution in [-0.2, 0) is 0 Å². The quantitative estimate of drug-likeness (QED) is 0.120. The Hall–Kier alpha value is -17.9. The first-order valence-corrected chi connectivity index (χ1v) is 49.4. The van der Waals surface area contributed by atoms with Gasteiger partial charge in [0.2, 0.25) is 0 Å². The van der Waals surface area contributed by atoms with Crippen LogP contribution in [0.3, 0.4) is 0 Å². The third kappa shape index (κ3) is 12.8. The summed E-state index contributed by atoms with van der Waals surface area (Å²) in [6.45, 7) is 0. The van der Waals surface area contributed by atoms with Gasteiger partial charge >= 0.3 is 0 Å². The lowest BCUT2D eigenvalue weighted by atomic mass is 10.0. The van der Waals surface area contributed by atoms with Gasteiger partial charge in [-0.25, -0.2) is 29.9 Å². The first kappa shape index (κ1) is 79.5.